The Bertz CT molecular complexity index is 911. The molecule has 27 heavy (non-hydrogen) atoms. The summed E-state index contributed by atoms with van der Waals surface area (Å²) in [6.07, 6.45) is 1.51. The Morgan fingerprint density at radius 1 is 0.889 bits per heavy atom. The second kappa shape index (κ2) is 7.61. The van der Waals surface area contributed by atoms with Crippen LogP contribution in [0.1, 0.15) is 5.56 Å². The summed E-state index contributed by atoms with van der Waals surface area (Å²) in [5, 5.41) is 0. The van der Waals surface area contributed by atoms with Crippen LogP contribution >= 0.6 is 0 Å². The Morgan fingerprint density at radius 3 is 2.37 bits per heavy atom. The number of rotatable bonds is 4. The summed E-state index contributed by atoms with van der Waals surface area (Å²) in [6.45, 7) is 5.42. The molecule has 1 fully saturated rings. The van der Waals surface area contributed by atoms with Crippen molar-refractivity contribution >= 4 is 11.5 Å². The maximum atomic E-state index is 13.3. The van der Waals surface area contributed by atoms with E-state index in [9.17, 15) is 4.39 Å². The monoisotopic (exact) mass is 364 g/mol. The molecular weight excluding hydrogens is 343 g/mol. The number of anilines is 2. The number of nitrogens with zero attached hydrogens (tertiary/aromatic N) is 4. The van der Waals surface area contributed by atoms with Crippen LogP contribution in [0.3, 0.4) is 0 Å². The van der Waals surface area contributed by atoms with Gasteiger partial charge in [-0.05, 0) is 42.8 Å². The van der Waals surface area contributed by atoms with Gasteiger partial charge in [-0.15, -0.1) is 0 Å². The topological polar surface area (TPSA) is 41.5 Å². The molecule has 2 heterocycles. The first-order valence-electron chi connectivity index (χ1n) is 9.00. The number of benzene rings is 2. The van der Waals surface area contributed by atoms with Crippen LogP contribution < -0.4 is 14.5 Å². The Labute approximate surface area is 158 Å². The van der Waals surface area contributed by atoms with E-state index in [-0.39, 0.29) is 5.82 Å². The molecule has 0 aliphatic carbocycles. The van der Waals surface area contributed by atoms with E-state index in [2.05, 4.69) is 44.0 Å². The van der Waals surface area contributed by atoms with Gasteiger partial charge in [-0.25, -0.2) is 14.4 Å². The number of hydrogen-bond acceptors (Lipinski definition) is 5. The normalized spacial score (nSPS) is 14.3. The van der Waals surface area contributed by atoms with Crippen molar-refractivity contribution in [2.75, 3.05) is 36.0 Å². The van der Waals surface area contributed by atoms with E-state index in [0.29, 0.717) is 11.6 Å². The molecule has 6 heteroatoms. The fraction of sp³-hybridized carbons (Fsp3) is 0.238. The highest BCUT2D eigenvalue weighted by atomic mass is 19.1. The largest absolute Gasteiger partial charge is 0.439 e. The molecule has 2 aromatic carbocycles. The van der Waals surface area contributed by atoms with E-state index in [4.69, 9.17) is 4.74 Å². The van der Waals surface area contributed by atoms with Gasteiger partial charge in [0.2, 0.25) is 5.88 Å². The molecular formula is C21H21FN4O. The third-order valence-electron chi connectivity index (χ3n) is 4.70. The number of para-hydroxylation sites is 1. The second-order valence-corrected chi connectivity index (χ2v) is 6.54. The van der Waals surface area contributed by atoms with Gasteiger partial charge >= 0.3 is 0 Å². The van der Waals surface area contributed by atoms with Crippen LogP contribution in [-0.4, -0.2) is 36.1 Å². The lowest BCUT2D eigenvalue weighted by atomic mass is 10.2. The number of hydrogen-bond donors (Lipinski definition) is 0. The predicted molar refractivity (Wildman–Crippen MR) is 104 cm³/mol. The molecule has 1 saturated heterocycles. The molecule has 5 nitrogen and oxygen atoms in total. The highest BCUT2D eigenvalue weighted by Gasteiger charge is 2.19. The fourth-order valence-corrected chi connectivity index (χ4v) is 3.23. The van der Waals surface area contributed by atoms with Crippen molar-refractivity contribution < 1.29 is 9.13 Å². The Hall–Kier alpha value is -3.15. The van der Waals surface area contributed by atoms with Gasteiger partial charge in [-0.1, -0.05) is 18.2 Å². The maximum absolute atomic E-state index is 13.3. The van der Waals surface area contributed by atoms with Crippen LogP contribution in [0.5, 0.6) is 11.6 Å². The van der Waals surface area contributed by atoms with Crippen molar-refractivity contribution in [1.29, 1.82) is 0 Å². The molecule has 1 aromatic heterocycles. The third kappa shape index (κ3) is 4.00. The van der Waals surface area contributed by atoms with Crippen LogP contribution in [0.4, 0.5) is 15.9 Å². The minimum atomic E-state index is -0.278. The van der Waals surface area contributed by atoms with E-state index in [1.54, 1.807) is 6.07 Å². The minimum Gasteiger partial charge on any atom is -0.439 e. The zero-order valence-corrected chi connectivity index (χ0v) is 15.2. The van der Waals surface area contributed by atoms with Crippen molar-refractivity contribution in [3.05, 3.63) is 72.3 Å². The van der Waals surface area contributed by atoms with Crippen LogP contribution in [-0.2, 0) is 0 Å². The van der Waals surface area contributed by atoms with Crippen molar-refractivity contribution in [2.45, 2.75) is 6.92 Å². The van der Waals surface area contributed by atoms with Crippen LogP contribution in [0, 0.1) is 12.7 Å². The third-order valence-corrected chi connectivity index (χ3v) is 4.70. The average molecular weight is 364 g/mol. The SMILES string of the molecule is Cc1cc(F)ccc1Oc1cc(N2CCN(c3ccccc3)CC2)ncn1. The van der Waals surface area contributed by atoms with Gasteiger partial charge in [0.15, 0.2) is 0 Å². The van der Waals surface area contributed by atoms with E-state index in [0.717, 1.165) is 37.6 Å². The lowest BCUT2D eigenvalue weighted by molar-refractivity contribution is 0.455. The molecule has 1 aliphatic rings. The van der Waals surface area contributed by atoms with Crippen LogP contribution in [0.15, 0.2) is 60.9 Å². The highest BCUT2D eigenvalue weighted by molar-refractivity contribution is 5.50. The van der Waals surface area contributed by atoms with Gasteiger partial charge in [0.05, 0.1) is 0 Å². The summed E-state index contributed by atoms with van der Waals surface area (Å²) in [5.41, 5.74) is 1.97. The van der Waals surface area contributed by atoms with Crippen molar-refractivity contribution in [2.24, 2.45) is 0 Å². The molecule has 0 amide bonds. The van der Waals surface area contributed by atoms with E-state index < -0.39 is 0 Å². The summed E-state index contributed by atoms with van der Waals surface area (Å²) in [4.78, 5) is 13.2. The van der Waals surface area contributed by atoms with Gasteiger partial charge in [0, 0.05) is 37.9 Å². The first kappa shape index (κ1) is 17.3. The first-order chi connectivity index (χ1) is 13.2. The molecule has 4 rings (SSSR count). The van der Waals surface area contributed by atoms with Gasteiger partial charge in [-0.3, -0.25) is 0 Å². The molecule has 0 bridgehead atoms. The fourth-order valence-electron chi connectivity index (χ4n) is 3.23. The van der Waals surface area contributed by atoms with Crippen molar-refractivity contribution in [3.8, 4) is 11.6 Å². The molecule has 0 radical (unpaired) electrons. The second-order valence-electron chi connectivity index (χ2n) is 6.54. The molecule has 0 N–H and O–H groups in total. The number of aryl methyl sites for hydroxylation is 1. The summed E-state index contributed by atoms with van der Waals surface area (Å²) in [7, 11) is 0. The molecule has 1 aliphatic heterocycles. The van der Waals surface area contributed by atoms with Gasteiger partial charge in [0.25, 0.3) is 0 Å². The molecule has 0 spiro atoms. The number of aromatic nitrogens is 2. The van der Waals surface area contributed by atoms with Crippen LogP contribution in [0.25, 0.3) is 0 Å². The van der Waals surface area contributed by atoms with Gasteiger partial charge < -0.3 is 14.5 Å². The summed E-state index contributed by atoms with van der Waals surface area (Å²) < 4.78 is 19.1. The van der Waals surface area contributed by atoms with Gasteiger partial charge in [-0.2, -0.15) is 0 Å². The first-order valence-corrected chi connectivity index (χ1v) is 9.00. The lowest BCUT2D eigenvalue weighted by Gasteiger charge is -2.36. The average Bonchev–Trinajstić information content (AvgIpc) is 2.71. The molecule has 138 valence electrons. The zero-order valence-electron chi connectivity index (χ0n) is 15.2. The van der Waals surface area contributed by atoms with E-state index in [1.807, 2.05) is 19.1 Å². The van der Waals surface area contributed by atoms with E-state index >= 15 is 0 Å². The quantitative estimate of drug-likeness (QED) is 0.699. The minimum absolute atomic E-state index is 0.278. The maximum Gasteiger partial charge on any atom is 0.224 e. The zero-order chi connectivity index (χ0) is 18.6. The van der Waals surface area contributed by atoms with E-state index in [1.165, 1.54) is 24.1 Å². The molecule has 0 saturated carbocycles. The van der Waals surface area contributed by atoms with Crippen LogP contribution in [0.2, 0.25) is 0 Å². The summed E-state index contributed by atoms with van der Waals surface area (Å²) in [5.74, 6) is 1.61. The van der Waals surface area contributed by atoms with Crippen molar-refractivity contribution in [1.82, 2.24) is 9.97 Å². The predicted octanol–water partition coefficient (Wildman–Crippen LogP) is 4.04. The summed E-state index contributed by atoms with van der Waals surface area (Å²) in [6, 6.07) is 16.7. The lowest BCUT2D eigenvalue weighted by Crippen LogP contribution is -2.46. The molecule has 3 aromatic rings. The molecule has 0 unspecified atom stereocenters. The number of halogens is 1. The Balaban J connectivity index is 1.44. The number of ether oxygens (including phenoxy) is 1. The smallest absolute Gasteiger partial charge is 0.224 e. The molecule has 0 atom stereocenters. The highest BCUT2D eigenvalue weighted by Crippen LogP contribution is 2.26. The Morgan fingerprint density at radius 2 is 1.63 bits per heavy atom. The number of piperazine rings is 1. The Kier molecular flexibility index (Phi) is 4.87. The standard InChI is InChI=1S/C21H21FN4O/c1-16-13-17(22)7-8-19(16)27-21-14-20(23-15-24-21)26-11-9-25(10-12-26)18-5-3-2-4-6-18/h2-8,13-15H,9-12H2,1H3. The van der Waals surface area contributed by atoms with Gasteiger partial charge in [0.1, 0.15) is 23.7 Å². The summed E-state index contributed by atoms with van der Waals surface area (Å²) >= 11 is 0. The van der Waals surface area contributed by atoms with Crippen molar-refractivity contribution in [3.63, 3.8) is 0 Å².